The molecule has 0 aliphatic carbocycles. The van der Waals surface area contributed by atoms with E-state index in [9.17, 15) is 9.59 Å². The summed E-state index contributed by atoms with van der Waals surface area (Å²) in [5.74, 6) is 0.153. The van der Waals surface area contributed by atoms with Crippen molar-refractivity contribution in [3.8, 4) is 0 Å². The number of fused-ring (bicyclic) bond motifs is 1. The molecule has 0 N–H and O–H groups in total. The Labute approximate surface area is 142 Å². The van der Waals surface area contributed by atoms with Crippen LogP contribution in [0.3, 0.4) is 0 Å². The fraction of sp³-hybridized carbons (Fsp3) is 0.421. The Hall–Kier alpha value is -2.43. The van der Waals surface area contributed by atoms with Gasteiger partial charge in [-0.15, -0.1) is 0 Å². The lowest BCUT2D eigenvalue weighted by Gasteiger charge is -2.23. The van der Waals surface area contributed by atoms with Crippen LogP contribution in [0.4, 0.5) is 0 Å². The van der Waals surface area contributed by atoms with Gasteiger partial charge in [-0.3, -0.25) is 14.6 Å². The van der Waals surface area contributed by atoms with Crippen molar-refractivity contribution in [2.24, 2.45) is 5.92 Å². The van der Waals surface area contributed by atoms with Gasteiger partial charge in [0.15, 0.2) is 0 Å². The SMILES string of the molecule is CC(C)C(=O)N1CCCN(C(=O)c2cnc3ccccc3c2)CC1. The molecule has 24 heavy (non-hydrogen) atoms. The first-order valence-corrected chi connectivity index (χ1v) is 8.49. The molecular formula is C19H23N3O2. The van der Waals surface area contributed by atoms with Gasteiger partial charge in [-0.1, -0.05) is 32.0 Å². The summed E-state index contributed by atoms with van der Waals surface area (Å²) in [6.45, 7) is 6.39. The molecule has 1 fully saturated rings. The summed E-state index contributed by atoms with van der Waals surface area (Å²) in [6.07, 6.45) is 2.46. The van der Waals surface area contributed by atoms with Gasteiger partial charge in [-0.25, -0.2) is 0 Å². The molecule has 3 rings (SSSR count). The maximum absolute atomic E-state index is 12.8. The predicted octanol–water partition coefficient (Wildman–Crippen LogP) is 2.57. The van der Waals surface area contributed by atoms with E-state index in [0.29, 0.717) is 25.2 Å². The molecule has 2 heterocycles. The highest BCUT2D eigenvalue weighted by molar-refractivity contribution is 5.97. The van der Waals surface area contributed by atoms with E-state index in [1.54, 1.807) is 6.20 Å². The predicted molar refractivity (Wildman–Crippen MR) is 93.7 cm³/mol. The normalized spacial score (nSPS) is 15.6. The quantitative estimate of drug-likeness (QED) is 0.853. The average Bonchev–Trinajstić information content (AvgIpc) is 2.86. The number of carbonyl (C=O) groups excluding carboxylic acids is 2. The first kappa shape index (κ1) is 16.4. The number of pyridine rings is 1. The second-order valence-electron chi connectivity index (χ2n) is 6.54. The number of benzene rings is 1. The molecule has 0 atom stereocenters. The summed E-state index contributed by atoms with van der Waals surface area (Å²) in [5, 5.41) is 0.967. The topological polar surface area (TPSA) is 53.5 Å². The molecule has 1 aliphatic rings. The van der Waals surface area contributed by atoms with Crippen LogP contribution in [-0.2, 0) is 4.79 Å². The van der Waals surface area contributed by atoms with Gasteiger partial charge >= 0.3 is 0 Å². The molecule has 0 unspecified atom stereocenters. The van der Waals surface area contributed by atoms with Crippen LogP contribution in [-0.4, -0.2) is 52.8 Å². The van der Waals surface area contributed by atoms with E-state index >= 15 is 0 Å². The van der Waals surface area contributed by atoms with Gasteiger partial charge in [0.1, 0.15) is 0 Å². The summed E-state index contributed by atoms with van der Waals surface area (Å²) in [6, 6.07) is 9.67. The number of rotatable bonds is 2. The lowest BCUT2D eigenvalue weighted by molar-refractivity contribution is -0.134. The molecule has 1 aromatic heterocycles. The molecule has 0 saturated carbocycles. The lowest BCUT2D eigenvalue weighted by Crippen LogP contribution is -2.39. The van der Waals surface area contributed by atoms with Crippen LogP contribution >= 0.6 is 0 Å². The van der Waals surface area contributed by atoms with Gasteiger partial charge in [0.2, 0.25) is 5.91 Å². The van der Waals surface area contributed by atoms with Gasteiger partial charge in [0.25, 0.3) is 5.91 Å². The van der Waals surface area contributed by atoms with Crippen LogP contribution in [0.2, 0.25) is 0 Å². The molecule has 0 radical (unpaired) electrons. The molecule has 2 amide bonds. The Morgan fingerprint density at radius 3 is 2.54 bits per heavy atom. The second-order valence-corrected chi connectivity index (χ2v) is 6.54. The molecule has 2 aromatic rings. The Bertz CT molecular complexity index is 757. The maximum Gasteiger partial charge on any atom is 0.255 e. The Morgan fingerprint density at radius 2 is 1.75 bits per heavy atom. The first-order valence-electron chi connectivity index (χ1n) is 8.49. The molecule has 1 aromatic carbocycles. The summed E-state index contributed by atoms with van der Waals surface area (Å²) in [5.41, 5.74) is 1.50. The van der Waals surface area contributed by atoms with Crippen molar-refractivity contribution < 1.29 is 9.59 Å². The molecule has 0 spiro atoms. The minimum Gasteiger partial charge on any atom is -0.341 e. The van der Waals surface area contributed by atoms with E-state index in [4.69, 9.17) is 0 Å². The number of aromatic nitrogens is 1. The Kier molecular flexibility index (Phi) is 4.79. The summed E-state index contributed by atoms with van der Waals surface area (Å²) >= 11 is 0. The fourth-order valence-electron chi connectivity index (χ4n) is 3.08. The summed E-state index contributed by atoms with van der Waals surface area (Å²) in [7, 11) is 0. The molecule has 1 saturated heterocycles. The number of nitrogens with zero attached hydrogens (tertiary/aromatic N) is 3. The lowest BCUT2D eigenvalue weighted by atomic mass is 10.1. The van der Waals surface area contributed by atoms with Crippen LogP contribution < -0.4 is 0 Å². The first-order chi connectivity index (χ1) is 11.6. The molecule has 126 valence electrons. The highest BCUT2D eigenvalue weighted by Crippen LogP contribution is 2.16. The third-order valence-corrected chi connectivity index (χ3v) is 4.43. The fourth-order valence-corrected chi connectivity index (χ4v) is 3.08. The number of amides is 2. The van der Waals surface area contributed by atoms with Gasteiger partial charge < -0.3 is 9.80 Å². The standard InChI is InChI=1S/C19H23N3O2/c1-14(2)18(23)21-8-5-9-22(11-10-21)19(24)16-12-15-6-3-4-7-17(15)20-13-16/h3-4,6-7,12-14H,5,8-11H2,1-2H3. The van der Waals surface area contributed by atoms with E-state index in [-0.39, 0.29) is 17.7 Å². The molecule has 5 nitrogen and oxygen atoms in total. The third-order valence-electron chi connectivity index (χ3n) is 4.43. The molecule has 1 aliphatic heterocycles. The molecular weight excluding hydrogens is 302 g/mol. The Morgan fingerprint density at radius 1 is 1.04 bits per heavy atom. The highest BCUT2D eigenvalue weighted by atomic mass is 16.2. The summed E-state index contributed by atoms with van der Waals surface area (Å²) < 4.78 is 0. The molecule has 0 bridgehead atoms. The minimum absolute atomic E-state index is 0.00283. The van der Waals surface area contributed by atoms with Gasteiger partial charge in [-0.2, -0.15) is 0 Å². The zero-order valence-electron chi connectivity index (χ0n) is 14.2. The van der Waals surface area contributed by atoms with Crippen molar-refractivity contribution in [3.63, 3.8) is 0 Å². The summed E-state index contributed by atoms with van der Waals surface area (Å²) in [4.78, 5) is 33.0. The van der Waals surface area contributed by atoms with Crippen molar-refractivity contribution in [2.45, 2.75) is 20.3 Å². The maximum atomic E-state index is 12.8. The van der Waals surface area contributed by atoms with Crippen LogP contribution in [0.1, 0.15) is 30.6 Å². The van der Waals surface area contributed by atoms with Crippen molar-refractivity contribution in [1.29, 1.82) is 0 Å². The monoisotopic (exact) mass is 325 g/mol. The van der Waals surface area contributed by atoms with E-state index in [1.807, 2.05) is 54.0 Å². The minimum atomic E-state index is -0.00732. The second kappa shape index (κ2) is 6.99. The zero-order valence-corrected chi connectivity index (χ0v) is 14.2. The van der Waals surface area contributed by atoms with Crippen LogP contribution in [0.5, 0.6) is 0 Å². The number of hydrogen-bond donors (Lipinski definition) is 0. The van der Waals surface area contributed by atoms with Gasteiger partial charge in [0.05, 0.1) is 11.1 Å². The van der Waals surface area contributed by atoms with Crippen molar-refractivity contribution in [3.05, 3.63) is 42.1 Å². The van der Waals surface area contributed by atoms with Crippen LogP contribution in [0.15, 0.2) is 36.5 Å². The largest absolute Gasteiger partial charge is 0.341 e. The van der Waals surface area contributed by atoms with E-state index in [2.05, 4.69) is 4.98 Å². The van der Waals surface area contributed by atoms with Crippen LogP contribution in [0.25, 0.3) is 10.9 Å². The van der Waals surface area contributed by atoms with E-state index in [0.717, 1.165) is 23.9 Å². The van der Waals surface area contributed by atoms with Crippen molar-refractivity contribution in [2.75, 3.05) is 26.2 Å². The molecule has 5 heteroatoms. The number of para-hydroxylation sites is 1. The van der Waals surface area contributed by atoms with Crippen molar-refractivity contribution in [1.82, 2.24) is 14.8 Å². The van der Waals surface area contributed by atoms with Crippen LogP contribution in [0, 0.1) is 5.92 Å². The van der Waals surface area contributed by atoms with E-state index < -0.39 is 0 Å². The number of carbonyl (C=O) groups is 2. The van der Waals surface area contributed by atoms with Gasteiger partial charge in [0, 0.05) is 43.7 Å². The smallest absolute Gasteiger partial charge is 0.255 e. The van der Waals surface area contributed by atoms with Crippen molar-refractivity contribution >= 4 is 22.7 Å². The number of hydrogen-bond acceptors (Lipinski definition) is 3. The van der Waals surface area contributed by atoms with Gasteiger partial charge in [-0.05, 0) is 18.6 Å². The average molecular weight is 325 g/mol. The zero-order chi connectivity index (χ0) is 17.1. The highest BCUT2D eigenvalue weighted by Gasteiger charge is 2.24. The Balaban J connectivity index is 1.73. The van der Waals surface area contributed by atoms with E-state index in [1.165, 1.54) is 0 Å². The third kappa shape index (κ3) is 3.40.